The van der Waals surface area contributed by atoms with Crippen LogP contribution in [0.1, 0.15) is 62.9 Å². The summed E-state index contributed by atoms with van der Waals surface area (Å²) in [6.45, 7) is 17.2. The summed E-state index contributed by atoms with van der Waals surface area (Å²) in [5.74, 6) is 0. The number of para-hydroxylation sites is 2. The lowest BCUT2D eigenvalue weighted by atomic mass is 9.70. The maximum absolute atomic E-state index is 6.40. The highest BCUT2D eigenvalue weighted by molar-refractivity contribution is 6.55. The Morgan fingerprint density at radius 3 is 2.55 bits per heavy atom. The van der Waals surface area contributed by atoms with Crippen LogP contribution >= 0.6 is 0 Å². The molecule has 0 saturated carbocycles. The standard InChI is InChI=1S/C26H31BN2O2/c1-7-19-20(8-2)25-28-22-13-11-12-14-24(22)29(25)23-16-15-18(17-21(19)23)27(30-10-4)31-26(5,6)9-3/h7-8,11-14,17H,1-2,9-10,15-16H2,3-6H3. The van der Waals surface area contributed by atoms with Gasteiger partial charge in [0, 0.05) is 29.0 Å². The van der Waals surface area contributed by atoms with Gasteiger partial charge in [-0.25, -0.2) is 4.98 Å². The molecule has 5 heteroatoms. The van der Waals surface area contributed by atoms with Crippen LogP contribution in [0, 0.1) is 0 Å². The lowest BCUT2D eigenvalue weighted by Gasteiger charge is -2.31. The maximum atomic E-state index is 6.40. The summed E-state index contributed by atoms with van der Waals surface area (Å²) in [7, 11) is -0.354. The molecule has 0 N–H and O–H groups in total. The first-order valence-corrected chi connectivity index (χ1v) is 11.1. The minimum absolute atomic E-state index is 0.251. The third-order valence-electron chi connectivity index (χ3n) is 6.25. The van der Waals surface area contributed by atoms with Crippen LogP contribution in [-0.2, 0) is 15.7 Å². The van der Waals surface area contributed by atoms with E-state index in [1.54, 1.807) is 0 Å². The predicted octanol–water partition coefficient (Wildman–Crippen LogP) is 6.37. The van der Waals surface area contributed by atoms with E-state index in [0.29, 0.717) is 6.61 Å². The molecule has 0 unspecified atom stereocenters. The van der Waals surface area contributed by atoms with Crippen LogP contribution < -0.4 is 0 Å². The molecule has 1 aromatic carbocycles. The minimum Gasteiger partial charge on any atom is -0.408 e. The van der Waals surface area contributed by atoms with Crippen molar-refractivity contribution in [2.45, 2.75) is 52.6 Å². The normalized spacial score (nSPS) is 13.9. The van der Waals surface area contributed by atoms with Crippen LogP contribution in [-0.4, -0.2) is 28.7 Å². The first-order chi connectivity index (χ1) is 14.9. The van der Waals surface area contributed by atoms with Gasteiger partial charge < -0.3 is 9.31 Å². The molecule has 3 aromatic rings. The lowest BCUT2D eigenvalue weighted by molar-refractivity contribution is 0.0681. The number of nitrogens with zero attached hydrogens (tertiary/aromatic N) is 2. The zero-order valence-corrected chi connectivity index (χ0v) is 19.1. The molecule has 0 amide bonds. The summed E-state index contributed by atoms with van der Waals surface area (Å²) in [6.07, 6.45) is 8.72. The quantitative estimate of drug-likeness (QED) is 0.402. The number of fused-ring (bicyclic) bond motifs is 5. The average molecular weight is 414 g/mol. The predicted molar refractivity (Wildman–Crippen MR) is 132 cm³/mol. The molecule has 0 saturated heterocycles. The summed E-state index contributed by atoms with van der Waals surface area (Å²) in [4.78, 5) is 4.92. The molecule has 2 aromatic heterocycles. The summed E-state index contributed by atoms with van der Waals surface area (Å²) in [5.41, 5.74) is 8.43. The van der Waals surface area contributed by atoms with Gasteiger partial charge in [0.25, 0.3) is 0 Å². The molecule has 1 aliphatic rings. The van der Waals surface area contributed by atoms with E-state index in [1.165, 1.54) is 5.69 Å². The van der Waals surface area contributed by atoms with Gasteiger partial charge in [0.2, 0.25) is 0 Å². The summed E-state index contributed by atoms with van der Waals surface area (Å²) >= 11 is 0. The number of hydrogen-bond acceptors (Lipinski definition) is 3. The fourth-order valence-corrected chi connectivity index (χ4v) is 4.30. The van der Waals surface area contributed by atoms with Crippen molar-refractivity contribution in [3.05, 3.63) is 65.3 Å². The fraction of sp³-hybridized carbons (Fsp3) is 0.346. The summed E-state index contributed by atoms with van der Waals surface area (Å²) < 4.78 is 14.7. The number of benzene rings is 1. The molecular weight excluding hydrogens is 383 g/mol. The average Bonchev–Trinajstić information content (AvgIpc) is 3.16. The van der Waals surface area contributed by atoms with Crippen molar-refractivity contribution in [3.63, 3.8) is 0 Å². The molecule has 4 rings (SSSR count). The number of aromatic nitrogens is 2. The topological polar surface area (TPSA) is 35.8 Å². The fourth-order valence-electron chi connectivity index (χ4n) is 4.30. The monoisotopic (exact) mass is 414 g/mol. The third kappa shape index (κ3) is 3.77. The van der Waals surface area contributed by atoms with Gasteiger partial charge in [0.05, 0.1) is 11.0 Å². The Balaban J connectivity index is 1.95. The first kappa shape index (κ1) is 21.6. The van der Waals surface area contributed by atoms with Crippen LogP contribution in [0.25, 0.3) is 34.9 Å². The molecule has 0 radical (unpaired) electrons. The van der Waals surface area contributed by atoms with Crippen molar-refractivity contribution in [2.24, 2.45) is 0 Å². The highest BCUT2D eigenvalue weighted by Crippen LogP contribution is 2.36. The Labute approximate surface area is 185 Å². The molecule has 0 bridgehead atoms. The van der Waals surface area contributed by atoms with Gasteiger partial charge in [-0.2, -0.15) is 0 Å². The van der Waals surface area contributed by atoms with Crippen molar-refractivity contribution < 1.29 is 9.31 Å². The molecule has 2 heterocycles. The maximum Gasteiger partial charge on any atom is 0.489 e. The van der Waals surface area contributed by atoms with E-state index in [1.807, 2.05) is 25.1 Å². The molecule has 0 aliphatic heterocycles. The SMILES string of the molecule is C=Cc1c2c(n3c(nc4ccccc43)c1C=C)CCC(B(OCC)OC(C)(C)CC)=C2. The second-order valence-electron chi connectivity index (χ2n) is 8.59. The third-order valence-corrected chi connectivity index (χ3v) is 6.25. The van der Waals surface area contributed by atoms with Gasteiger partial charge in [-0.15, -0.1) is 0 Å². The van der Waals surface area contributed by atoms with E-state index in [2.05, 4.69) is 62.6 Å². The molecule has 0 fully saturated rings. The largest absolute Gasteiger partial charge is 0.489 e. The van der Waals surface area contributed by atoms with E-state index < -0.39 is 0 Å². The lowest BCUT2D eigenvalue weighted by Crippen LogP contribution is -2.37. The van der Waals surface area contributed by atoms with E-state index in [-0.39, 0.29) is 12.7 Å². The van der Waals surface area contributed by atoms with Gasteiger partial charge in [0.15, 0.2) is 0 Å². The van der Waals surface area contributed by atoms with E-state index in [4.69, 9.17) is 14.3 Å². The number of allylic oxidation sites excluding steroid dienone is 1. The van der Waals surface area contributed by atoms with Gasteiger partial charge in [-0.3, -0.25) is 4.40 Å². The second kappa shape index (κ2) is 8.48. The van der Waals surface area contributed by atoms with Gasteiger partial charge in [0.1, 0.15) is 5.65 Å². The van der Waals surface area contributed by atoms with Crippen LogP contribution in [0.3, 0.4) is 0 Å². The van der Waals surface area contributed by atoms with Crippen molar-refractivity contribution >= 4 is 42.0 Å². The molecule has 1 aliphatic carbocycles. The second-order valence-corrected chi connectivity index (χ2v) is 8.59. The minimum atomic E-state index is -0.354. The van der Waals surface area contributed by atoms with Crippen molar-refractivity contribution in [2.75, 3.05) is 6.61 Å². The highest BCUT2D eigenvalue weighted by Gasteiger charge is 2.33. The zero-order valence-electron chi connectivity index (χ0n) is 19.1. The molecule has 160 valence electrons. The van der Waals surface area contributed by atoms with Gasteiger partial charge in [-0.05, 0) is 63.2 Å². The van der Waals surface area contributed by atoms with Crippen molar-refractivity contribution in [1.82, 2.24) is 9.38 Å². The molecule has 0 atom stereocenters. The molecular formula is C26H31BN2O2. The Morgan fingerprint density at radius 2 is 1.87 bits per heavy atom. The van der Waals surface area contributed by atoms with Crippen LogP contribution in [0.2, 0.25) is 0 Å². The highest BCUT2D eigenvalue weighted by atomic mass is 16.6. The van der Waals surface area contributed by atoms with E-state index in [0.717, 1.165) is 58.1 Å². The van der Waals surface area contributed by atoms with E-state index in [9.17, 15) is 0 Å². The number of pyridine rings is 1. The number of hydrogen-bond donors (Lipinski definition) is 0. The van der Waals surface area contributed by atoms with Crippen LogP contribution in [0.4, 0.5) is 0 Å². The smallest absolute Gasteiger partial charge is 0.408 e. The van der Waals surface area contributed by atoms with Crippen molar-refractivity contribution in [1.29, 1.82) is 0 Å². The van der Waals surface area contributed by atoms with Gasteiger partial charge in [-0.1, -0.05) is 50.4 Å². The van der Waals surface area contributed by atoms with E-state index >= 15 is 0 Å². The number of rotatable bonds is 8. The van der Waals surface area contributed by atoms with Crippen LogP contribution in [0.5, 0.6) is 0 Å². The Kier molecular flexibility index (Phi) is 5.91. The molecule has 31 heavy (non-hydrogen) atoms. The summed E-state index contributed by atoms with van der Waals surface area (Å²) in [6, 6.07) is 8.28. The number of aryl methyl sites for hydroxylation is 1. The Hall–Kier alpha value is -2.63. The Morgan fingerprint density at radius 1 is 1.13 bits per heavy atom. The molecule has 0 spiro atoms. The molecule has 4 nitrogen and oxygen atoms in total. The van der Waals surface area contributed by atoms with Crippen molar-refractivity contribution in [3.8, 4) is 0 Å². The number of imidazole rings is 1. The zero-order chi connectivity index (χ0) is 22.2. The van der Waals surface area contributed by atoms with Crippen LogP contribution in [0.15, 0.2) is 42.9 Å². The van der Waals surface area contributed by atoms with Gasteiger partial charge >= 0.3 is 7.12 Å². The summed E-state index contributed by atoms with van der Waals surface area (Å²) in [5, 5.41) is 0. The first-order valence-electron chi connectivity index (χ1n) is 11.1. The Bertz CT molecular complexity index is 1190.